The first-order valence-electron chi connectivity index (χ1n) is 6.31. The molecule has 0 aromatic heterocycles. The molecule has 1 heterocycles. The van der Waals surface area contributed by atoms with Gasteiger partial charge in [-0.3, -0.25) is 5.32 Å². The molecule has 0 saturated carbocycles. The zero-order valence-corrected chi connectivity index (χ0v) is 11.7. The lowest BCUT2D eigenvalue weighted by atomic mass is 10.1. The minimum absolute atomic E-state index is 0.213. The molecule has 2 unspecified atom stereocenters. The Morgan fingerprint density at radius 1 is 1.31 bits per heavy atom. The average molecular weight is 261 g/mol. The van der Waals surface area contributed by atoms with Gasteiger partial charge in [-0.05, 0) is 6.42 Å². The highest BCUT2D eigenvalue weighted by molar-refractivity contribution is 8.01. The largest absolute Gasteiger partial charge is 0.362 e. The first-order chi connectivity index (χ1) is 7.86. The Labute approximate surface area is 109 Å². The van der Waals surface area contributed by atoms with Gasteiger partial charge >= 0.3 is 0 Å². The molecule has 0 aromatic carbocycles. The molecule has 1 aliphatic heterocycles. The molecule has 0 aromatic rings. The zero-order chi connectivity index (χ0) is 11.6. The van der Waals surface area contributed by atoms with Gasteiger partial charge in [-0.25, -0.2) is 0 Å². The lowest BCUT2D eigenvalue weighted by molar-refractivity contribution is 0.0501. The Morgan fingerprint density at radius 3 is 2.75 bits per heavy atom. The highest BCUT2D eigenvalue weighted by Gasteiger charge is 2.22. The van der Waals surface area contributed by atoms with Gasteiger partial charge < -0.3 is 4.74 Å². The van der Waals surface area contributed by atoms with E-state index in [0.717, 1.165) is 12.4 Å². The molecular weight excluding hydrogens is 238 g/mol. The van der Waals surface area contributed by atoms with Crippen LogP contribution in [0.4, 0.5) is 0 Å². The maximum Gasteiger partial charge on any atom is 0.118 e. The van der Waals surface area contributed by atoms with Crippen LogP contribution in [0.2, 0.25) is 0 Å². The SMILES string of the molecule is CCCCCCCCOC1CSC(C=S)N1. The summed E-state index contributed by atoms with van der Waals surface area (Å²) >= 11 is 6.73. The number of hydrogen-bond donors (Lipinski definition) is 1. The van der Waals surface area contributed by atoms with E-state index in [-0.39, 0.29) is 6.23 Å². The molecule has 1 aliphatic rings. The molecule has 0 spiro atoms. The van der Waals surface area contributed by atoms with Gasteiger partial charge in [0, 0.05) is 17.7 Å². The minimum Gasteiger partial charge on any atom is -0.362 e. The molecule has 0 bridgehead atoms. The minimum atomic E-state index is 0.213. The molecule has 1 saturated heterocycles. The predicted molar refractivity (Wildman–Crippen MR) is 76.2 cm³/mol. The summed E-state index contributed by atoms with van der Waals surface area (Å²) in [5, 5.41) is 5.42. The summed E-state index contributed by atoms with van der Waals surface area (Å²) in [4.78, 5) is 0. The smallest absolute Gasteiger partial charge is 0.118 e. The van der Waals surface area contributed by atoms with Crippen LogP contribution in [0.3, 0.4) is 0 Å². The molecule has 0 aliphatic carbocycles. The van der Waals surface area contributed by atoms with E-state index in [1.54, 1.807) is 5.37 Å². The number of hydrogen-bond acceptors (Lipinski definition) is 4. The van der Waals surface area contributed by atoms with Crippen molar-refractivity contribution in [2.75, 3.05) is 12.4 Å². The van der Waals surface area contributed by atoms with Crippen molar-refractivity contribution >= 4 is 29.3 Å². The van der Waals surface area contributed by atoms with Crippen molar-refractivity contribution in [1.29, 1.82) is 0 Å². The van der Waals surface area contributed by atoms with E-state index in [1.807, 2.05) is 11.8 Å². The second kappa shape index (κ2) is 9.40. The van der Waals surface area contributed by atoms with Gasteiger partial charge in [-0.2, -0.15) is 0 Å². The highest BCUT2D eigenvalue weighted by Crippen LogP contribution is 2.18. The van der Waals surface area contributed by atoms with E-state index in [1.165, 1.54) is 38.5 Å². The third kappa shape index (κ3) is 6.18. The van der Waals surface area contributed by atoms with E-state index >= 15 is 0 Å². The number of unbranched alkanes of at least 4 members (excludes halogenated alkanes) is 5. The van der Waals surface area contributed by atoms with Crippen LogP contribution >= 0.6 is 24.0 Å². The van der Waals surface area contributed by atoms with Crippen LogP contribution in [0, 0.1) is 0 Å². The summed E-state index contributed by atoms with van der Waals surface area (Å²) in [7, 11) is 0. The standard InChI is InChI=1S/C12H23NOS2/c1-2-3-4-5-6-7-8-14-11-10-16-12(9-15)13-11/h9,11-13H,2-8,10H2,1H3. The quantitative estimate of drug-likeness (QED) is 0.507. The van der Waals surface area contributed by atoms with Crippen LogP contribution in [0.1, 0.15) is 45.4 Å². The molecule has 94 valence electrons. The lowest BCUT2D eigenvalue weighted by Crippen LogP contribution is -2.32. The van der Waals surface area contributed by atoms with Crippen molar-refractivity contribution < 1.29 is 4.74 Å². The number of thioether (sulfide) groups is 1. The van der Waals surface area contributed by atoms with Crippen molar-refractivity contribution in [3.05, 3.63) is 0 Å². The zero-order valence-electron chi connectivity index (χ0n) is 10.1. The lowest BCUT2D eigenvalue weighted by Gasteiger charge is -2.11. The van der Waals surface area contributed by atoms with Gasteiger partial charge in [0.15, 0.2) is 0 Å². The summed E-state index contributed by atoms with van der Waals surface area (Å²) in [6.45, 7) is 3.13. The van der Waals surface area contributed by atoms with Gasteiger partial charge in [-0.15, -0.1) is 11.8 Å². The molecule has 2 nitrogen and oxygen atoms in total. The Hall–Kier alpha value is 0.360. The van der Waals surface area contributed by atoms with E-state index in [4.69, 9.17) is 17.0 Å². The van der Waals surface area contributed by atoms with Crippen LogP contribution < -0.4 is 5.32 Å². The fourth-order valence-electron chi connectivity index (χ4n) is 1.75. The summed E-state index contributed by atoms with van der Waals surface area (Å²) < 4.78 is 5.74. The van der Waals surface area contributed by atoms with Gasteiger partial charge in [-0.1, -0.05) is 51.2 Å². The number of nitrogens with one attached hydrogen (secondary N) is 1. The van der Waals surface area contributed by atoms with Crippen LogP contribution in [0.15, 0.2) is 0 Å². The summed E-state index contributed by atoms with van der Waals surface area (Å²) in [5.74, 6) is 1.02. The van der Waals surface area contributed by atoms with E-state index in [0.29, 0.717) is 5.37 Å². The Kier molecular flexibility index (Phi) is 8.47. The van der Waals surface area contributed by atoms with Crippen LogP contribution in [0.5, 0.6) is 0 Å². The second-order valence-corrected chi connectivity index (χ2v) is 5.63. The van der Waals surface area contributed by atoms with Crippen molar-refractivity contribution in [3.63, 3.8) is 0 Å². The third-order valence-corrected chi connectivity index (χ3v) is 4.29. The van der Waals surface area contributed by atoms with Gasteiger partial charge in [0.2, 0.25) is 0 Å². The van der Waals surface area contributed by atoms with Gasteiger partial charge in [0.1, 0.15) is 6.23 Å². The van der Waals surface area contributed by atoms with Crippen LogP contribution in [-0.2, 0) is 4.74 Å². The van der Waals surface area contributed by atoms with Crippen molar-refractivity contribution in [2.45, 2.75) is 57.1 Å². The maximum atomic E-state index is 5.74. The van der Waals surface area contributed by atoms with E-state index < -0.39 is 0 Å². The number of ether oxygens (including phenoxy) is 1. The molecule has 0 amide bonds. The molecule has 16 heavy (non-hydrogen) atoms. The molecule has 0 radical (unpaired) electrons. The fraction of sp³-hybridized carbons (Fsp3) is 0.917. The van der Waals surface area contributed by atoms with Crippen LogP contribution in [-0.4, -0.2) is 29.3 Å². The highest BCUT2D eigenvalue weighted by atomic mass is 32.2. The topological polar surface area (TPSA) is 21.3 Å². The Morgan fingerprint density at radius 2 is 2.06 bits per heavy atom. The maximum absolute atomic E-state index is 5.74. The molecule has 4 heteroatoms. The molecule has 1 N–H and O–H groups in total. The van der Waals surface area contributed by atoms with Gasteiger partial charge in [0.25, 0.3) is 0 Å². The second-order valence-electron chi connectivity index (χ2n) is 4.18. The predicted octanol–water partition coefficient (Wildman–Crippen LogP) is 3.35. The summed E-state index contributed by atoms with van der Waals surface area (Å²) in [5.41, 5.74) is 0. The molecular formula is C12H23NOS2. The van der Waals surface area contributed by atoms with Crippen molar-refractivity contribution in [2.24, 2.45) is 0 Å². The monoisotopic (exact) mass is 261 g/mol. The number of rotatable bonds is 9. The Bertz CT molecular complexity index is 190. The summed E-state index contributed by atoms with van der Waals surface area (Å²) in [6, 6.07) is 0. The fourth-order valence-corrected chi connectivity index (χ4v) is 2.97. The number of thiocarbonyl (C=S) groups is 1. The first-order valence-corrected chi connectivity index (χ1v) is 7.83. The third-order valence-electron chi connectivity index (χ3n) is 2.72. The Balaban J connectivity index is 1.86. The van der Waals surface area contributed by atoms with Crippen molar-refractivity contribution in [1.82, 2.24) is 5.32 Å². The van der Waals surface area contributed by atoms with Crippen molar-refractivity contribution in [3.8, 4) is 0 Å². The molecule has 2 atom stereocenters. The normalized spacial score (nSPS) is 24.8. The average Bonchev–Trinajstić information content (AvgIpc) is 2.76. The summed E-state index contributed by atoms with van der Waals surface area (Å²) in [6.07, 6.45) is 8.13. The van der Waals surface area contributed by atoms with E-state index in [9.17, 15) is 0 Å². The van der Waals surface area contributed by atoms with E-state index in [2.05, 4.69) is 12.2 Å². The first kappa shape index (κ1) is 14.4. The van der Waals surface area contributed by atoms with Gasteiger partial charge in [0.05, 0.1) is 5.37 Å². The molecule has 1 rings (SSSR count). The van der Waals surface area contributed by atoms with Crippen LogP contribution in [0.25, 0.3) is 0 Å². The molecule has 1 fully saturated rings.